The van der Waals surface area contributed by atoms with E-state index < -0.39 is 10.8 Å². The number of aliphatic imine (C=N–C) groups is 1. The first-order valence-corrected chi connectivity index (χ1v) is 9.83. The van der Waals surface area contributed by atoms with Crippen molar-refractivity contribution in [2.24, 2.45) is 10.1 Å². The predicted octanol–water partition coefficient (Wildman–Crippen LogP) is 3.57. The molecule has 1 unspecified atom stereocenters. The first-order valence-electron chi connectivity index (χ1n) is 7.87. The van der Waals surface area contributed by atoms with E-state index in [1.807, 2.05) is 23.2 Å². The minimum atomic E-state index is -1.04. The summed E-state index contributed by atoms with van der Waals surface area (Å²) in [5.41, 5.74) is 3.58. The SMILES string of the molecule is O=S1C2=C(CCCC2)C2=C1N=C1SC(c3ccccc3)=NN1C2. The summed E-state index contributed by atoms with van der Waals surface area (Å²) in [7, 11) is -1.04. The molecule has 0 radical (unpaired) electrons. The van der Waals surface area contributed by atoms with Gasteiger partial charge in [0.05, 0.1) is 6.54 Å². The van der Waals surface area contributed by atoms with Crippen LogP contribution in [0.25, 0.3) is 0 Å². The molecule has 0 saturated heterocycles. The molecule has 1 aromatic rings. The summed E-state index contributed by atoms with van der Waals surface area (Å²) in [6.45, 7) is 0.710. The van der Waals surface area contributed by atoms with Crippen molar-refractivity contribution in [3.05, 3.63) is 57.0 Å². The Balaban J connectivity index is 1.50. The molecule has 1 aromatic carbocycles. The highest BCUT2D eigenvalue weighted by molar-refractivity contribution is 8.27. The molecule has 1 aliphatic carbocycles. The van der Waals surface area contributed by atoms with Crippen molar-refractivity contribution >= 4 is 32.8 Å². The molecule has 0 amide bonds. The van der Waals surface area contributed by atoms with E-state index in [0.717, 1.165) is 45.0 Å². The molecular formula is C17H15N3OS2. The average Bonchev–Trinajstić information content (AvgIpc) is 3.14. The highest BCUT2D eigenvalue weighted by Gasteiger charge is 2.39. The zero-order chi connectivity index (χ0) is 15.4. The van der Waals surface area contributed by atoms with Gasteiger partial charge in [-0.1, -0.05) is 30.3 Å². The second-order valence-corrected chi connectivity index (χ2v) is 8.36. The normalized spacial score (nSPS) is 25.9. The molecular weight excluding hydrogens is 326 g/mol. The first kappa shape index (κ1) is 13.7. The van der Waals surface area contributed by atoms with Crippen molar-refractivity contribution in [3.8, 4) is 0 Å². The Morgan fingerprint density at radius 1 is 1.09 bits per heavy atom. The van der Waals surface area contributed by atoms with E-state index >= 15 is 0 Å². The van der Waals surface area contributed by atoms with Crippen molar-refractivity contribution in [3.63, 3.8) is 0 Å². The summed E-state index contributed by atoms with van der Waals surface area (Å²) in [6, 6.07) is 10.2. The van der Waals surface area contributed by atoms with Crippen LogP contribution in [0.1, 0.15) is 31.2 Å². The standard InChI is InChI=1S/C17H15N3OS2/c21-23-14-9-5-4-8-12(14)13-10-20-17(18-16(13)23)22-15(19-20)11-6-2-1-3-7-11/h1-3,6-7H,4-5,8-10H2. The molecule has 0 spiro atoms. The second kappa shape index (κ2) is 5.18. The molecule has 0 aromatic heterocycles. The van der Waals surface area contributed by atoms with Crippen LogP contribution in [0.5, 0.6) is 0 Å². The molecule has 0 N–H and O–H groups in total. The Morgan fingerprint density at radius 3 is 2.78 bits per heavy atom. The van der Waals surface area contributed by atoms with Crippen LogP contribution in [0.3, 0.4) is 0 Å². The van der Waals surface area contributed by atoms with E-state index in [2.05, 4.69) is 12.1 Å². The van der Waals surface area contributed by atoms with Crippen molar-refractivity contribution in [2.45, 2.75) is 25.7 Å². The van der Waals surface area contributed by atoms with Crippen molar-refractivity contribution in [2.75, 3.05) is 6.54 Å². The van der Waals surface area contributed by atoms with Crippen LogP contribution in [0.4, 0.5) is 0 Å². The van der Waals surface area contributed by atoms with Gasteiger partial charge in [0.15, 0.2) is 5.17 Å². The molecule has 23 heavy (non-hydrogen) atoms. The minimum Gasteiger partial charge on any atom is -0.248 e. The zero-order valence-electron chi connectivity index (χ0n) is 12.5. The van der Waals surface area contributed by atoms with Crippen molar-refractivity contribution < 1.29 is 4.21 Å². The molecule has 4 aliphatic rings. The predicted molar refractivity (Wildman–Crippen MR) is 95.4 cm³/mol. The van der Waals surface area contributed by atoms with Gasteiger partial charge in [0.25, 0.3) is 0 Å². The fourth-order valence-corrected chi connectivity index (χ4v) is 6.03. The summed E-state index contributed by atoms with van der Waals surface area (Å²) >= 11 is 1.57. The Morgan fingerprint density at radius 2 is 1.91 bits per heavy atom. The van der Waals surface area contributed by atoms with E-state index in [0.29, 0.717) is 6.54 Å². The molecule has 0 bridgehead atoms. The molecule has 4 nitrogen and oxygen atoms in total. The fourth-order valence-electron chi connectivity index (χ4n) is 3.46. The quantitative estimate of drug-likeness (QED) is 0.784. The Hall–Kier alpha value is -1.66. The van der Waals surface area contributed by atoms with E-state index in [4.69, 9.17) is 10.1 Å². The molecule has 0 fully saturated rings. The first-order chi connectivity index (χ1) is 11.3. The van der Waals surface area contributed by atoms with E-state index in [-0.39, 0.29) is 0 Å². The lowest BCUT2D eigenvalue weighted by Gasteiger charge is -2.21. The van der Waals surface area contributed by atoms with Gasteiger partial charge in [-0.2, -0.15) is 5.10 Å². The molecule has 5 rings (SSSR count). The van der Waals surface area contributed by atoms with Gasteiger partial charge in [-0.15, -0.1) is 0 Å². The topological polar surface area (TPSA) is 45.0 Å². The third-order valence-electron chi connectivity index (χ3n) is 4.59. The van der Waals surface area contributed by atoms with Crippen LogP contribution >= 0.6 is 11.8 Å². The number of hydrogen-bond acceptors (Lipinski definition) is 5. The van der Waals surface area contributed by atoms with Crippen LogP contribution < -0.4 is 0 Å². The molecule has 116 valence electrons. The number of nitrogens with zero attached hydrogens (tertiary/aromatic N) is 3. The number of amidine groups is 1. The smallest absolute Gasteiger partial charge is 0.192 e. The van der Waals surface area contributed by atoms with E-state index in [1.165, 1.54) is 17.6 Å². The van der Waals surface area contributed by atoms with E-state index in [1.54, 1.807) is 11.8 Å². The summed E-state index contributed by atoms with van der Waals surface area (Å²) in [4.78, 5) is 5.84. The Labute approximate surface area is 141 Å². The number of fused-ring (bicyclic) bond motifs is 2. The molecule has 0 saturated carbocycles. The summed E-state index contributed by atoms with van der Waals surface area (Å²) < 4.78 is 12.7. The maximum atomic E-state index is 12.7. The van der Waals surface area contributed by atoms with Crippen molar-refractivity contribution in [1.29, 1.82) is 0 Å². The number of allylic oxidation sites excluding steroid dienone is 1. The van der Waals surface area contributed by atoms with Crippen LogP contribution in [-0.2, 0) is 10.8 Å². The van der Waals surface area contributed by atoms with Gasteiger partial charge in [0.2, 0.25) is 0 Å². The highest BCUT2D eigenvalue weighted by Crippen LogP contribution is 2.45. The number of hydrogen-bond donors (Lipinski definition) is 0. The van der Waals surface area contributed by atoms with Crippen LogP contribution in [-0.4, -0.2) is 26.0 Å². The number of hydrazone groups is 1. The second-order valence-electron chi connectivity index (χ2n) is 5.99. The molecule has 3 aliphatic heterocycles. The maximum absolute atomic E-state index is 12.7. The third kappa shape index (κ3) is 2.08. The monoisotopic (exact) mass is 341 g/mol. The van der Waals surface area contributed by atoms with Gasteiger partial charge >= 0.3 is 0 Å². The molecule has 6 heteroatoms. The number of thioether (sulfide) groups is 1. The van der Waals surface area contributed by atoms with Gasteiger partial charge in [-0.05, 0) is 43.0 Å². The van der Waals surface area contributed by atoms with E-state index in [9.17, 15) is 4.21 Å². The van der Waals surface area contributed by atoms with Gasteiger partial charge in [-0.3, -0.25) is 0 Å². The van der Waals surface area contributed by atoms with Gasteiger partial charge in [0.1, 0.15) is 20.9 Å². The third-order valence-corrected chi connectivity index (χ3v) is 7.17. The molecule has 3 heterocycles. The fraction of sp³-hybridized carbons (Fsp3) is 0.294. The zero-order valence-corrected chi connectivity index (χ0v) is 14.1. The molecule has 1 atom stereocenters. The number of rotatable bonds is 1. The van der Waals surface area contributed by atoms with Crippen molar-refractivity contribution in [1.82, 2.24) is 5.01 Å². The van der Waals surface area contributed by atoms with Gasteiger partial charge in [-0.25, -0.2) is 14.2 Å². The lowest BCUT2D eigenvalue weighted by molar-refractivity contribution is 0.489. The average molecular weight is 341 g/mol. The highest BCUT2D eigenvalue weighted by atomic mass is 32.2. The van der Waals surface area contributed by atoms with Gasteiger partial charge in [0, 0.05) is 16.0 Å². The summed E-state index contributed by atoms with van der Waals surface area (Å²) in [5, 5.41) is 9.31. The summed E-state index contributed by atoms with van der Waals surface area (Å²) in [5.74, 6) is 0. The summed E-state index contributed by atoms with van der Waals surface area (Å²) in [6.07, 6.45) is 4.35. The van der Waals surface area contributed by atoms with Crippen LogP contribution in [0.15, 0.2) is 61.5 Å². The minimum absolute atomic E-state index is 0.710. The Bertz CT molecular complexity index is 852. The lowest BCUT2D eigenvalue weighted by Crippen LogP contribution is -2.26. The van der Waals surface area contributed by atoms with Crippen LogP contribution in [0, 0.1) is 0 Å². The number of benzene rings is 1. The largest absolute Gasteiger partial charge is 0.248 e. The van der Waals surface area contributed by atoms with Gasteiger partial charge < -0.3 is 0 Å². The Kier molecular flexibility index (Phi) is 3.09. The lowest BCUT2D eigenvalue weighted by atomic mass is 9.93. The van der Waals surface area contributed by atoms with Crippen LogP contribution in [0.2, 0.25) is 0 Å². The maximum Gasteiger partial charge on any atom is 0.192 e.